The van der Waals surface area contributed by atoms with Gasteiger partial charge in [0.25, 0.3) is 0 Å². The first-order chi connectivity index (χ1) is 11.2. The van der Waals surface area contributed by atoms with E-state index in [1.54, 1.807) is 12.1 Å². The van der Waals surface area contributed by atoms with Crippen LogP contribution in [-0.2, 0) is 4.79 Å². The quantitative estimate of drug-likeness (QED) is 0.439. The molecule has 0 atom stereocenters. The summed E-state index contributed by atoms with van der Waals surface area (Å²) in [4.78, 5) is 23.8. The SMILES string of the molecule is Nc1ccccc1NC(=O)CCCCCC(=O)c1ccccc1. The number of hydrogen-bond acceptors (Lipinski definition) is 3. The highest BCUT2D eigenvalue weighted by molar-refractivity contribution is 5.96. The molecule has 2 aromatic carbocycles. The molecule has 0 aliphatic carbocycles. The minimum Gasteiger partial charge on any atom is -0.397 e. The third-order valence-electron chi connectivity index (χ3n) is 3.64. The first-order valence-corrected chi connectivity index (χ1v) is 7.89. The van der Waals surface area contributed by atoms with Crippen LogP contribution in [0.3, 0.4) is 0 Å². The van der Waals surface area contributed by atoms with Crippen molar-refractivity contribution < 1.29 is 9.59 Å². The summed E-state index contributed by atoms with van der Waals surface area (Å²) in [7, 11) is 0. The zero-order valence-electron chi connectivity index (χ0n) is 13.1. The van der Waals surface area contributed by atoms with Gasteiger partial charge in [-0.05, 0) is 25.0 Å². The van der Waals surface area contributed by atoms with E-state index in [0.717, 1.165) is 24.8 Å². The van der Waals surface area contributed by atoms with Gasteiger partial charge in [0.15, 0.2) is 5.78 Å². The first-order valence-electron chi connectivity index (χ1n) is 7.89. The highest BCUT2D eigenvalue weighted by Gasteiger charge is 2.06. The van der Waals surface area contributed by atoms with Crippen LogP contribution in [0.1, 0.15) is 42.5 Å². The summed E-state index contributed by atoms with van der Waals surface area (Å²) in [5.74, 6) is 0.115. The van der Waals surface area contributed by atoms with E-state index in [-0.39, 0.29) is 11.7 Å². The second-order valence-electron chi connectivity index (χ2n) is 5.49. The van der Waals surface area contributed by atoms with Crippen molar-refractivity contribution in [3.63, 3.8) is 0 Å². The van der Waals surface area contributed by atoms with Crippen LogP contribution in [0.4, 0.5) is 11.4 Å². The van der Waals surface area contributed by atoms with Crippen molar-refractivity contribution in [3.05, 3.63) is 60.2 Å². The van der Waals surface area contributed by atoms with E-state index in [2.05, 4.69) is 5.32 Å². The Morgan fingerprint density at radius 3 is 2.22 bits per heavy atom. The van der Waals surface area contributed by atoms with Crippen molar-refractivity contribution in [1.29, 1.82) is 0 Å². The van der Waals surface area contributed by atoms with Gasteiger partial charge in [0.1, 0.15) is 0 Å². The van der Waals surface area contributed by atoms with Crippen molar-refractivity contribution in [2.24, 2.45) is 0 Å². The van der Waals surface area contributed by atoms with Gasteiger partial charge in [0.2, 0.25) is 5.91 Å². The standard InChI is InChI=1S/C19H22N2O2/c20-16-11-7-8-12-17(16)21-19(23)14-6-2-5-13-18(22)15-9-3-1-4-10-15/h1,3-4,7-12H,2,5-6,13-14,20H2,(H,21,23). The molecule has 0 aliphatic rings. The Balaban J connectivity index is 1.63. The third kappa shape index (κ3) is 5.58. The van der Waals surface area contributed by atoms with Gasteiger partial charge in [0.05, 0.1) is 11.4 Å². The number of nitrogens with one attached hydrogen (secondary N) is 1. The van der Waals surface area contributed by atoms with Crippen LogP contribution in [0.2, 0.25) is 0 Å². The van der Waals surface area contributed by atoms with Crippen LogP contribution in [0, 0.1) is 0 Å². The normalized spacial score (nSPS) is 10.3. The number of unbranched alkanes of at least 4 members (excludes halogenated alkanes) is 2. The predicted molar refractivity (Wildman–Crippen MR) is 93.3 cm³/mol. The zero-order chi connectivity index (χ0) is 16.5. The molecule has 0 spiro atoms. The van der Waals surface area contributed by atoms with Crippen LogP contribution < -0.4 is 11.1 Å². The summed E-state index contributed by atoms with van der Waals surface area (Å²) in [6.45, 7) is 0. The third-order valence-corrected chi connectivity index (χ3v) is 3.64. The molecule has 0 saturated carbocycles. The van der Waals surface area contributed by atoms with E-state index >= 15 is 0 Å². The maximum Gasteiger partial charge on any atom is 0.224 e. The van der Waals surface area contributed by atoms with Crippen molar-refractivity contribution in [2.45, 2.75) is 32.1 Å². The Bertz CT molecular complexity index is 653. The molecule has 0 fully saturated rings. The molecule has 0 heterocycles. The molecule has 0 bridgehead atoms. The Morgan fingerprint density at radius 2 is 1.48 bits per heavy atom. The fraction of sp³-hybridized carbons (Fsp3) is 0.263. The molecule has 2 rings (SSSR count). The molecular formula is C19H22N2O2. The number of rotatable bonds is 8. The second-order valence-corrected chi connectivity index (χ2v) is 5.49. The fourth-order valence-corrected chi connectivity index (χ4v) is 2.34. The lowest BCUT2D eigenvalue weighted by Crippen LogP contribution is -2.12. The lowest BCUT2D eigenvalue weighted by Gasteiger charge is -2.07. The average molecular weight is 310 g/mol. The number of anilines is 2. The van der Waals surface area contributed by atoms with Crippen LogP contribution in [0.5, 0.6) is 0 Å². The van der Waals surface area contributed by atoms with E-state index in [1.165, 1.54) is 0 Å². The number of Topliss-reactive ketones (excluding diaryl/α,β-unsaturated/α-hetero) is 1. The number of carbonyl (C=O) groups is 2. The van der Waals surface area contributed by atoms with Gasteiger partial charge < -0.3 is 11.1 Å². The lowest BCUT2D eigenvalue weighted by molar-refractivity contribution is -0.116. The van der Waals surface area contributed by atoms with Crippen molar-refractivity contribution >= 4 is 23.1 Å². The molecule has 0 unspecified atom stereocenters. The lowest BCUT2D eigenvalue weighted by atomic mass is 10.0. The van der Waals surface area contributed by atoms with Crippen LogP contribution in [-0.4, -0.2) is 11.7 Å². The van der Waals surface area contributed by atoms with E-state index < -0.39 is 0 Å². The van der Waals surface area contributed by atoms with E-state index in [9.17, 15) is 9.59 Å². The first kappa shape index (κ1) is 16.7. The summed E-state index contributed by atoms with van der Waals surface area (Å²) in [5.41, 5.74) is 7.75. The molecule has 120 valence electrons. The van der Waals surface area contributed by atoms with Gasteiger partial charge in [0, 0.05) is 18.4 Å². The maximum absolute atomic E-state index is 11.9. The topological polar surface area (TPSA) is 72.2 Å². The monoisotopic (exact) mass is 310 g/mol. The summed E-state index contributed by atoms with van der Waals surface area (Å²) in [6, 6.07) is 16.5. The maximum atomic E-state index is 11.9. The number of hydrogen-bond donors (Lipinski definition) is 2. The highest BCUT2D eigenvalue weighted by atomic mass is 16.1. The summed E-state index contributed by atoms with van der Waals surface area (Å²) in [5, 5.41) is 2.80. The number of nitrogens with two attached hydrogens (primary N) is 1. The smallest absolute Gasteiger partial charge is 0.224 e. The number of benzene rings is 2. The minimum atomic E-state index is -0.0442. The van der Waals surface area contributed by atoms with Gasteiger partial charge in [-0.25, -0.2) is 0 Å². The predicted octanol–water partition coefficient (Wildman–Crippen LogP) is 4.04. The molecular weight excluding hydrogens is 288 g/mol. The van der Waals surface area contributed by atoms with Crippen molar-refractivity contribution in [1.82, 2.24) is 0 Å². The van der Waals surface area contributed by atoms with Gasteiger partial charge in [-0.1, -0.05) is 48.9 Å². The molecule has 1 amide bonds. The van der Waals surface area contributed by atoms with Gasteiger partial charge in [-0.15, -0.1) is 0 Å². The molecule has 2 aromatic rings. The highest BCUT2D eigenvalue weighted by Crippen LogP contribution is 2.17. The summed E-state index contributed by atoms with van der Waals surface area (Å²) >= 11 is 0. The van der Waals surface area contributed by atoms with E-state index in [4.69, 9.17) is 5.73 Å². The number of para-hydroxylation sites is 2. The molecule has 0 aromatic heterocycles. The Morgan fingerprint density at radius 1 is 0.826 bits per heavy atom. The number of amides is 1. The second kappa shape index (κ2) is 8.73. The molecule has 0 saturated heterocycles. The zero-order valence-corrected chi connectivity index (χ0v) is 13.1. The number of carbonyl (C=O) groups excluding carboxylic acids is 2. The molecule has 0 radical (unpaired) electrons. The van der Waals surface area contributed by atoms with Crippen LogP contribution >= 0.6 is 0 Å². The number of nitrogen functional groups attached to an aromatic ring is 1. The van der Waals surface area contributed by atoms with Crippen molar-refractivity contribution in [3.8, 4) is 0 Å². The molecule has 23 heavy (non-hydrogen) atoms. The molecule has 4 nitrogen and oxygen atoms in total. The van der Waals surface area contributed by atoms with Gasteiger partial charge in [-0.3, -0.25) is 9.59 Å². The van der Waals surface area contributed by atoms with Crippen LogP contribution in [0.15, 0.2) is 54.6 Å². The summed E-state index contributed by atoms with van der Waals surface area (Å²) in [6.07, 6.45) is 3.39. The Kier molecular flexibility index (Phi) is 6.36. The van der Waals surface area contributed by atoms with E-state index in [0.29, 0.717) is 24.2 Å². The summed E-state index contributed by atoms with van der Waals surface area (Å²) < 4.78 is 0. The van der Waals surface area contributed by atoms with Gasteiger partial charge in [-0.2, -0.15) is 0 Å². The number of ketones is 1. The van der Waals surface area contributed by atoms with Gasteiger partial charge >= 0.3 is 0 Å². The Labute approximate surface area is 136 Å². The molecule has 3 N–H and O–H groups in total. The molecule has 0 aliphatic heterocycles. The van der Waals surface area contributed by atoms with Crippen LogP contribution in [0.25, 0.3) is 0 Å². The average Bonchev–Trinajstić information content (AvgIpc) is 2.57. The largest absolute Gasteiger partial charge is 0.397 e. The fourth-order valence-electron chi connectivity index (χ4n) is 2.34. The minimum absolute atomic E-state index is 0.0442. The van der Waals surface area contributed by atoms with Crippen molar-refractivity contribution in [2.75, 3.05) is 11.1 Å². The Hall–Kier alpha value is -2.62. The van der Waals surface area contributed by atoms with E-state index in [1.807, 2.05) is 42.5 Å². The molecule has 4 heteroatoms.